The minimum Gasteiger partial charge on any atom is -0.391 e. The summed E-state index contributed by atoms with van der Waals surface area (Å²) in [5.74, 6) is 0.235. The Morgan fingerprint density at radius 2 is 2.11 bits per heavy atom. The fourth-order valence-corrected chi connectivity index (χ4v) is 2.00. The van der Waals surface area contributed by atoms with Crippen LogP contribution in [0.4, 0.5) is 4.79 Å². The lowest BCUT2D eigenvalue weighted by atomic mass is 9.97. The molecule has 0 aliphatic rings. The number of rotatable bonds is 7. The van der Waals surface area contributed by atoms with Gasteiger partial charge < -0.3 is 15.7 Å². The van der Waals surface area contributed by atoms with Gasteiger partial charge in [-0.25, -0.2) is 4.79 Å². The summed E-state index contributed by atoms with van der Waals surface area (Å²) in [4.78, 5) is 11.6. The van der Waals surface area contributed by atoms with E-state index >= 15 is 0 Å². The zero-order chi connectivity index (χ0) is 14.3. The number of aliphatic hydroxyl groups is 1. The Bertz CT molecular complexity index is 388. The molecule has 3 N–H and O–H groups in total. The Morgan fingerprint density at radius 1 is 1.42 bits per heavy atom. The molecule has 6 heteroatoms. The van der Waals surface area contributed by atoms with Crippen molar-refractivity contribution in [3.8, 4) is 0 Å². The van der Waals surface area contributed by atoms with E-state index in [9.17, 15) is 9.90 Å². The zero-order valence-electron chi connectivity index (χ0n) is 11.9. The van der Waals surface area contributed by atoms with Gasteiger partial charge in [0, 0.05) is 31.9 Å². The van der Waals surface area contributed by atoms with Crippen molar-refractivity contribution in [2.75, 3.05) is 6.54 Å². The lowest BCUT2D eigenvalue weighted by Gasteiger charge is -2.20. The van der Waals surface area contributed by atoms with Gasteiger partial charge in [-0.3, -0.25) is 4.68 Å². The first-order valence-electron chi connectivity index (χ1n) is 6.74. The van der Waals surface area contributed by atoms with Gasteiger partial charge in [-0.15, -0.1) is 0 Å². The fourth-order valence-electron chi connectivity index (χ4n) is 2.00. The number of urea groups is 1. The van der Waals surface area contributed by atoms with Crippen molar-refractivity contribution in [2.24, 2.45) is 13.0 Å². The highest BCUT2D eigenvalue weighted by Gasteiger charge is 2.15. The number of hydrogen-bond acceptors (Lipinski definition) is 3. The summed E-state index contributed by atoms with van der Waals surface area (Å²) >= 11 is 0. The van der Waals surface area contributed by atoms with E-state index in [1.807, 2.05) is 27.1 Å². The Labute approximate surface area is 114 Å². The van der Waals surface area contributed by atoms with Crippen LogP contribution < -0.4 is 10.6 Å². The quantitative estimate of drug-likeness (QED) is 0.690. The van der Waals surface area contributed by atoms with Crippen LogP contribution in [-0.2, 0) is 13.6 Å². The first-order chi connectivity index (χ1) is 9.06. The van der Waals surface area contributed by atoms with E-state index in [0.717, 1.165) is 18.4 Å². The highest BCUT2D eigenvalue weighted by Crippen LogP contribution is 2.12. The van der Waals surface area contributed by atoms with E-state index in [2.05, 4.69) is 15.7 Å². The Kier molecular flexibility index (Phi) is 6.35. The standard InChI is InChI=1S/C13H24N4O2/c1-4-11(5-2)12(18)8-15-13(19)14-6-10-7-16-17(3)9-10/h7,9,11-12,18H,4-6,8H2,1-3H3,(H2,14,15,19)/t12-/m1/s1. The van der Waals surface area contributed by atoms with E-state index in [1.165, 1.54) is 0 Å². The maximum atomic E-state index is 11.6. The molecule has 1 atom stereocenters. The van der Waals surface area contributed by atoms with Crippen LogP contribution >= 0.6 is 0 Å². The number of nitrogens with one attached hydrogen (secondary N) is 2. The molecule has 1 aromatic rings. The molecule has 0 aliphatic carbocycles. The summed E-state index contributed by atoms with van der Waals surface area (Å²) < 4.78 is 1.69. The third kappa shape index (κ3) is 5.30. The van der Waals surface area contributed by atoms with Crippen LogP contribution in [0.5, 0.6) is 0 Å². The molecule has 19 heavy (non-hydrogen) atoms. The summed E-state index contributed by atoms with van der Waals surface area (Å²) in [6, 6.07) is -0.270. The molecule has 1 heterocycles. The highest BCUT2D eigenvalue weighted by molar-refractivity contribution is 5.73. The number of carbonyl (C=O) groups is 1. The number of carbonyl (C=O) groups excluding carboxylic acids is 1. The smallest absolute Gasteiger partial charge is 0.315 e. The van der Waals surface area contributed by atoms with Crippen molar-refractivity contribution >= 4 is 6.03 Å². The molecule has 0 unspecified atom stereocenters. The van der Waals surface area contributed by atoms with Crippen molar-refractivity contribution in [2.45, 2.75) is 39.3 Å². The van der Waals surface area contributed by atoms with Crippen LogP contribution in [0.2, 0.25) is 0 Å². The van der Waals surface area contributed by atoms with E-state index in [-0.39, 0.29) is 18.5 Å². The minimum atomic E-state index is -0.487. The molecule has 0 bridgehead atoms. The van der Waals surface area contributed by atoms with Gasteiger partial charge in [0.05, 0.1) is 12.3 Å². The normalized spacial score (nSPS) is 12.5. The maximum Gasteiger partial charge on any atom is 0.315 e. The topological polar surface area (TPSA) is 79.2 Å². The van der Waals surface area contributed by atoms with E-state index in [0.29, 0.717) is 6.54 Å². The Morgan fingerprint density at radius 3 is 2.63 bits per heavy atom. The van der Waals surface area contributed by atoms with Gasteiger partial charge in [-0.2, -0.15) is 5.10 Å². The van der Waals surface area contributed by atoms with Crippen molar-refractivity contribution < 1.29 is 9.90 Å². The van der Waals surface area contributed by atoms with Gasteiger partial charge in [-0.05, 0) is 5.92 Å². The summed E-state index contributed by atoms with van der Waals surface area (Å²) in [6.07, 6.45) is 4.89. The van der Waals surface area contributed by atoms with E-state index in [1.54, 1.807) is 10.9 Å². The summed E-state index contributed by atoms with van der Waals surface area (Å²) in [6.45, 7) is 4.80. The molecule has 0 saturated heterocycles. The first-order valence-corrected chi connectivity index (χ1v) is 6.74. The minimum absolute atomic E-state index is 0.235. The van der Waals surface area contributed by atoms with Crippen LogP contribution in [0.15, 0.2) is 12.4 Å². The number of amides is 2. The van der Waals surface area contributed by atoms with Crippen LogP contribution in [0.3, 0.4) is 0 Å². The second-order valence-corrected chi connectivity index (χ2v) is 4.73. The molecule has 0 radical (unpaired) electrons. The molecule has 0 saturated carbocycles. The van der Waals surface area contributed by atoms with E-state index < -0.39 is 6.10 Å². The molecular weight excluding hydrogens is 244 g/mol. The first kappa shape index (κ1) is 15.5. The zero-order valence-corrected chi connectivity index (χ0v) is 11.9. The number of aliphatic hydroxyl groups excluding tert-OH is 1. The lowest BCUT2D eigenvalue weighted by Crippen LogP contribution is -2.41. The number of nitrogens with zero attached hydrogens (tertiary/aromatic N) is 2. The molecule has 108 valence electrons. The predicted molar refractivity (Wildman–Crippen MR) is 73.5 cm³/mol. The van der Waals surface area contributed by atoms with Crippen LogP contribution in [0.25, 0.3) is 0 Å². The van der Waals surface area contributed by atoms with Gasteiger partial charge in [0.25, 0.3) is 0 Å². The molecule has 0 aliphatic heterocycles. The molecule has 1 aromatic heterocycles. The Hall–Kier alpha value is -1.56. The van der Waals surface area contributed by atoms with E-state index in [4.69, 9.17) is 0 Å². The maximum absolute atomic E-state index is 11.6. The van der Waals surface area contributed by atoms with Crippen LogP contribution in [-0.4, -0.2) is 33.6 Å². The van der Waals surface area contributed by atoms with Crippen LogP contribution in [0.1, 0.15) is 32.3 Å². The van der Waals surface area contributed by atoms with Crippen LogP contribution in [0, 0.1) is 5.92 Å². The second kappa shape index (κ2) is 7.78. The van der Waals surface area contributed by atoms with Crippen molar-refractivity contribution in [3.63, 3.8) is 0 Å². The highest BCUT2D eigenvalue weighted by atomic mass is 16.3. The van der Waals surface area contributed by atoms with Crippen molar-refractivity contribution in [3.05, 3.63) is 18.0 Å². The number of hydrogen-bond donors (Lipinski definition) is 3. The average Bonchev–Trinajstić information content (AvgIpc) is 2.81. The third-order valence-electron chi connectivity index (χ3n) is 3.28. The molecule has 6 nitrogen and oxygen atoms in total. The molecular formula is C13H24N4O2. The largest absolute Gasteiger partial charge is 0.391 e. The molecule has 0 spiro atoms. The van der Waals surface area contributed by atoms with Crippen molar-refractivity contribution in [1.82, 2.24) is 20.4 Å². The molecule has 0 aromatic carbocycles. The monoisotopic (exact) mass is 268 g/mol. The van der Waals surface area contributed by atoms with Gasteiger partial charge >= 0.3 is 6.03 Å². The lowest BCUT2D eigenvalue weighted by molar-refractivity contribution is 0.103. The molecule has 2 amide bonds. The Balaban J connectivity index is 2.24. The summed E-state index contributed by atoms with van der Waals surface area (Å²) in [5, 5.41) is 19.3. The molecule has 0 fully saturated rings. The summed E-state index contributed by atoms with van der Waals surface area (Å²) in [5.41, 5.74) is 0.943. The molecule has 1 rings (SSSR count). The number of aromatic nitrogens is 2. The average molecular weight is 268 g/mol. The van der Waals surface area contributed by atoms with Gasteiger partial charge in [0.1, 0.15) is 0 Å². The third-order valence-corrected chi connectivity index (χ3v) is 3.28. The predicted octanol–water partition coefficient (Wildman–Crippen LogP) is 1.02. The second-order valence-electron chi connectivity index (χ2n) is 4.73. The van der Waals surface area contributed by atoms with Gasteiger partial charge in [0.2, 0.25) is 0 Å². The van der Waals surface area contributed by atoms with Gasteiger partial charge in [0.15, 0.2) is 0 Å². The van der Waals surface area contributed by atoms with Gasteiger partial charge in [-0.1, -0.05) is 26.7 Å². The summed E-state index contributed by atoms with van der Waals surface area (Å²) in [7, 11) is 1.83. The fraction of sp³-hybridized carbons (Fsp3) is 0.692. The number of aryl methyl sites for hydroxylation is 1. The van der Waals surface area contributed by atoms with Crippen molar-refractivity contribution in [1.29, 1.82) is 0 Å². The SMILES string of the molecule is CCC(CC)[C@H](O)CNC(=O)NCc1cnn(C)c1.